The van der Waals surface area contributed by atoms with E-state index in [1.54, 1.807) is 32.5 Å². The number of halogens is 1. The zero-order valence-electron chi connectivity index (χ0n) is 12.1. The molecule has 0 bridgehead atoms. The lowest BCUT2D eigenvalue weighted by atomic mass is 10.3. The summed E-state index contributed by atoms with van der Waals surface area (Å²) >= 11 is 6.23. The summed E-state index contributed by atoms with van der Waals surface area (Å²) in [6, 6.07) is 3.46. The summed E-state index contributed by atoms with van der Waals surface area (Å²) in [6.07, 6.45) is 4.27. The van der Waals surface area contributed by atoms with Crippen LogP contribution >= 0.6 is 11.6 Å². The van der Waals surface area contributed by atoms with Gasteiger partial charge in [-0.15, -0.1) is 0 Å². The first-order valence-corrected chi connectivity index (χ1v) is 6.70. The van der Waals surface area contributed by atoms with E-state index in [4.69, 9.17) is 32.5 Å². The molecule has 0 aliphatic carbocycles. The Morgan fingerprint density at radius 2 is 2.09 bits per heavy atom. The van der Waals surface area contributed by atoms with Crippen LogP contribution < -0.4 is 26.3 Å². The third-order valence-electron chi connectivity index (χ3n) is 2.86. The van der Waals surface area contributed by atoms with Crippen LogP contribution in [0.2, 0.25) is 5.02 Å². The van der Waals surface area contributed by atoms with Gasteiger partial charge in [-0.2, -0.15) is 0 Å². The fourth-order valence-electron chi connectivity index (χ4n) is 1.73. The van der Waals surface area contributed by atoms with Crippen molar-refractivity contribution in [2.75, 3.05) is 25.2 Å². The molecular weight excluding hydrogens is 306 g/mol. The van der Waals surface area contributed by atoms with Crippen LogP contribution in [0.1, 0.15) is 5.69 Å². The van der Waals surface area contributed by atoms with E-state index in [9.17, 15) is 0 Å². The molecule has 0 aliphatic rings. The molecule has 2 heterocycles. The van der Waals surface area contributed by atoms with E-state index >= 15 is 0 Å². The summed E-state index contributed by atoms with van der Waals surface area (Å²) in [4.78, 5) is 8.22. The third-order valence-corrected chi connectivity index (χ3v) is 3.23. The number of pyridine rings is 2. The molecule has 2 rings (SSSR count). The van der Waals surface area contributed by atoms with Gasteiger partial charge < -0.3 is 26.3 Å². The predicted molar refractivity (Wildman–Crippen MR) is 86.8 cm³/mol. The lowest BCUT2D eigenvalue weighted by Gasteiger charge is -2.13. The molecule has 8 heteroatoms. The Kier molecular flexibility index (Phi) is 4.90. The predicted octanol–water partition coefficient (Wildman–Crippen LogP) is 2.10. The van der Waals surface area contributed by atoms with E-state index in [1.807, 2.05) is 0 Å². The summed E-state index contributed by atoms with van der Waals surface area (Å²) in [5.74, 6) is 1.55. The number of rotatable bonds is 5. The second-order valence-corrected chi connectivity index (χ2v) is 4.54. The number of ether oxygens (including phenoxy) is 2. The maximum absolute atomic E-state index is 6.23. The highest BCUT2D eigenvalue weighted by Gasteiger charge is 2.14. The SMILES string of the molecule is CNc1c(N)ncc(O/C(=C/N)c2ccc(OC)cn2)c1Cl. The van der Waals surface area contributed by atoms with Crippen LogP contribution in [0.3, 0.4) is 0 Å². The number of anilines is 2. The van der Waals surface area contributed by atoms with Gasteiger partial charge in [-0.05, 0) is 12.1 Å². The van der Waals surface area contributed by atoms with Gasteiger partial charge in [0, 0.05) is 13.2 Å². The molecular formula is C14H16ClN5O2. The molecule has 0 aromatic carbocycles. The Morgan fingerprint density at radius 3 is 2.64 bits per heavy atom. The summed E-state index contributed by atoms with van der Waals surface area (Å²) < 4.78 is 10.8. The van der Waals surface area contributed by atoms with Gasteiger partial charge in [-0.1, -0.05) is 11.6 Å². The standard InChI is InChI=1S/C14H16ClN5O2/c1-18-13-12(15)11(7-20-14(13)17)22-10(5-16)9-4-3-8(21-2)6-19-9/h3-7,18H,16H2,1-2H3,(H2,17,20)/b10-5+. The second-order valence-electron chi connectivity index (χ2n) is 4.16. The van der Waals surface area contributed by atoms with Crippen LogP contribution in [0.15, 0.2) is 30.7 Å². The number of hydrogen-bond acceptors (Lipinski definition) is 7. The molecule has 0 aliphatic heterocycles. The second kappa shape index (κ2) is 6.86. The van der Waals surface area contributed by atoms with Gasteiger partial charge in [0.2, 0.25) is 0 Å². The highest BCUT2D eigenvalue weighted by atomic mass is 35.5. The fraction of sp³-hybridized carbons (Fsp3) is 0.143. The Hall–Kier alpha value is -2.67. The summed E-state index contributed by atoms with van der Waals surface area (Å²) in [5, 5.41) is 3.18. The first-order valence-electron chi connectivity index (χ1n) is 6.32. The van der Waals surface area contributed by atoms with Crippen molar-refractivity contribution in [1.82, 2.24) is 9.97 Å². The first-order chi connectivity index (χ1) is 10.6. The minimum absolute atomic E-state index is 0.278. The van der Waals surface area contributed by atoms with Crippen LogP contribution in [0, 0.1) is 0 Å². The highest BCUT2D eigenvalue weighted by molar-refractivity contribution is 6.35. The largest absolute Gasteiger partial charge is 0.495 e. The van der Waals surface area contributed by atoms with Gasteiger partial charge in [0.25, 0.3) is 0 Å². The molecule has 0 unspecified atom stereocenters. The highest BCUT2D eigenvalue weighted by Crippen LogP contribution is 2.36. The van der Waals surface area contributed by atoms with Crippen molar-refractivity contribution in [2.45, 2.75) is 0 Å². The Labute approximate surface area is 132 Å². The van der Waals surface area contributed by atoms with Crippen LogP contribution in [0.25, 0.3) is 5.76 Å². The van der Waals surface area contributed by atoms with Crippen molar-refractivity contribution in [1.29, 1.82) is 0 Å². The van der Waals surface area contributed by atoms with Crippen molar-refractivity contribution >= 4 is 28.9 Å². The van der Waals surface area contributed by atoms with Crippen molar-refractivity contribution in [3.05, 3.63) is 41.4 Å². The molecule has 5 N–H and O–H groups in total. The van der Waals surface area contributed by atoms with Crippen LogP contribution in [0.5, 0.6) is 11.5 Å². The smallest absolute Gasteiger partial charge is 0.168 e. The van der Waals surface area contributed by atoms with E-state index in [0.717, 1.165) is 0 Å². The zero-order chi connectivity index (χ0) is 16.1. The summed E-state index contributed by atoms with van der Waals surface area (Å²) in [5.41, 5.74) is 12.4. The molecule has 7 nitrogen and oxygen atoms in total. The molecule has 0 atom stereocenters. The Balaban J connectivity index is 2.31. The maximum atomic E-state index is 6.23. The van der Waals surface area contributed by atoms with Crippen LogP contribution in [-0.4, -0.2) is 24.1 Å². The number of nitrogen functional groups attached to an aromatic ring is 1. The number of methoxy groups -OCH3 is 1. The molecule has 0 amide bonds. The molecule has 22 heavy (non-hydrogen) atoms. The topological polar surface area (TPSA) is 108 Å². The van der Waals surface area contributed by atoms with Crippen molar-refractivity contribution < 1.29 is 9.47 Å². The van der Waals surface area contributed by atoms with Gasteiger partial charge in [0.15, 0.2) is 11.5 Å². The number of aromatic nitrogens is 2. The number of nitrogens with two attached hydrogens (primary N) is 2. The monoisotopic (exact) mass is 321 g/mol. The normalized spacial score (nSPS) is 11.1. The van der Waals surface area contributed by atoms with E-state index < -0.39 is 0 Å². The van der Waals surface area contributed by atoms with Crippen LogP contribution in [0.4, 0.5) is 11.5 Å². The average Bonchev–Trinajstić information content (AvgIpc) is 2.55. The van der Waals surface area contributed by atoms with Crippen molar-refractivity contribution in [3.8, 4) is 11.5 Å². The van der Waals surface area contributed by atoms with Gasteiger partial charge >= 0.3 is 0 Å². The molecule has 0 radical (unpaired) electrons. The fourth-order valence-corrected chi connectivity index (χ4v) is 2.01. The Morgan fingerprint density at radius 1 is 1.32 bits per heavy atom. The van der Waals surface area contributed by atoms with Gasteiger partial charge in [-0.3, -0.25) is 0 Å². The van der Waals surface area contributed by atoms with E-state index in [2.05, 4.69) is 15.3 Å². The van der Waals surface area contributed by atoms with Crippen molar-refractivity contribution in [2.24, 2.45) is 5.73 Å². The third kappa shape index (κ3) is 3.15. The molecule has 116 valence electrons. The summed E-state index contributed by atoms with van der Waals surface area (Å²) in [7, 11) is 3.25. The van der Waals surface area contributed by atoms with E-state index in [0.29, 0.717) is 33.7 Å². The van der Waals surface area contributed by atoms with E-state index in [1.165, 1.54) is 12.4 Å². The molecule has 0 spiro atoms. The average molecular weight is 322 g/mol. The molecule has 0 fully saturated rings. The van der Waals surface area contributed by atoms with E-state index in [-0.39, 0.29) is 5.82 Å². The summed E-state index contributed by atoms with van der Waals surface area (Å²) in [6.45, 7) is 0. The molecule has 0 saturated heterocycles. The zero-order valence-corrected chi connectivity index (χ0v) is 12.9. The lowest BCUT2D eigenvalue weighted by Crippen LogP contribution is -2.04. The van der Waals surface area contributed by atoms with Crippen LogP contribution in [-0.2, 0) is 0 Å². The maximum Gasteiger partial charge on any atom is 0.168 e. The minimum atomic E-state index is 0.278. The van der Waals surface area contributed by atoms with Gasteiger partial charge in [0.05, 0.1) is 25.2 Å². The van der Waals surface area contributed by atoms with Gasteiger partial charge in [0.1, 0.15) is 22.3 Å². The van der Waals surface area contributed by atoms with Gasteiger partial charge in [-0.25, -0.2) is 9.97 Å². The number of nitrogens with zero attached hydrogens (tertiary/aromatic N) is 2. The molecule has 2 aromatic rings. The number of hydrogen-bond donors (Lipinski definition) is 3. The molecule has 0 saturated carbocycles. The quantitative estimate of drug-likeness (QED) is 0.723. The number of nitrogens with one attached hydrogen (secondary N) is 1. The first kappa shape index (κ1) is 15.7. The minimum Gasteiger partial charge on any atom is -0.495 e. The Bertz CT molecular complexity index is 688. The van der Waals surface area contributed by atoms with Crippen molar-refractivity contribution in [3.63, 3.8) is 0 Å². The molecule has 2 aromatic heterocycles. The lowest BCUT2D eigenvalue weighted by molar-refractivity contribution is 0.412.